The Balaban J connectivity index is 2.42. The maximum Gasteiger partial charge on any atom is 0.227 e. The van der Waals surface area contributed by atoms with Crippen LogP contribution in [-0.2, 0) is 4.79 Å². The maximum atomic E-state index is 11.2. The van der Waals surface area contributed by atoms with Crippen LogP contribution < -0.4 is 5.73 Å². The predicted molar refractivity (Wildman–Crippen MR) is 61.6 cm³/mol. The van der Waals surface area contributed by atoms with Gasteiger partial charge in [-0.05, 0) is 6.42 Å². The number of rotatable bonds is 6. The Kier molecular flexibility index (Phi) is 5.01. The van der Waals surface area contributed by atoms with Gasteiger partial charge in [-0.25, -0.2) is 0 Å². The van der Waals surface area contributed by atoms with Crippen molar-refractivity contribution in [3.63, 3.8) is 0 Å². The van der Waals surface area contributed by atoms with Crippen LogP contribution in [0.5, 0.6) is 0 Å². The number of thioether (sulfide) groups is 1. The average Bonchev–Trinajstić information content (AvgIpc) is 2.64. The summed E-state index contributed by atoms with van der Waals surface area (Å²) in [5.74, 6) is 0.677. The molecule has 0 saturated carbocycles. The monoisotopic (exact) mass is 214 g/mol. The number of primary amides is 1. The summed E-state index contributed by atoms with van der Waals surface area (Å²) < 4.78 is 0. The molecule has 0 radical (unpaired) electrons. The van der Waals surface area contributed by atoms with Gasteiger partial charge >= 0.3 is 0 Å². The molecule has 1 rings (SSSR count). The molecule has 1 unspecified atom stereocenters. The van der Waals surface area contributed by atoms with Crippen LogP contribution in [0.4, 0.5) is 0 Å². The summed E-state index contributed by atoms with van der Waals surface area (Å²) >= 11 is 1.69. The number of nitrogens with two attached hydrogens (primary N) is 1. The highest BCUT2D eigenvalue weighted by Crippen LogP contribution is 2.23. The summed E-state index contributed by atoms with van der Waals surface area (Å²) in [6.45, 7) is 3.00. The largest absolute Gasteiger partial charge is 0.369 e. The van der Waals surface area contributed by atoms with E-state index in [2.05, 4.69) is 11.9 Å². The summed E-state index contributed by atoms with van der Waals surface area (Å²) in [4.78, 5) is 15.5. The normalized spacial score (nSPS) is 17.9. The first kappa shape index (κ1) is 11.6. The van der Waals surface area contributed by atoms with E-state index < -0.39 is 0 Å². The molecule has 0 aromatic carbocycles. The van der Waals surface area contributed by atoms with Crippen molar-refractivity contribution in [2.75, 3.05) is 12.3 Å². The van der Waals surface area contributed by atoms with E-state index in [4.69, 9.17) is 5.73 Å². The molecule has 1 atom stereocenters. The first-order chi connectivity index (χ1) is 6.75. The van der Waals surface area contributed by atoms with Crippen LogP contribution in [0.15, 0.2) is 4.99 Å². The average molecular weight is 214 g/mol. The summed E-state index contributed by atoms with van der Waals surface area (Å²) in [7, 11) is 0. The van der Waals surface area contributed by atoms with Crippen LogP contribution in [-0.4, -0.2) is 23.2 Å². The zero-order chi connectivity index (χ0) is 10.4. The number of amides is 1. The second kappa shape index (κ2) is 6.06. The van der Waals surface area contributed by atoms with Crippen LogP contribution in [0.2, 0.25) is 0 Å². The summed E-state index contributed by atoms with van der Waals surface area (Å²) in [5, 5.41) is 0.966. The fourth-order valence-electron chi connectivity index (χ4n) is 1.55. The Morgan fingerprint density at radius 3 is 2.93 bits per heavy atom. The van der Waals surface area contributed by atoms with Gasteiger partial charge in [0.05, 0.1) is 11.0 Å². The van der Waals surface area contributed by atoms with Crippen molar-refractivity contribution < 1.29 is 4.79 Å². The highest BCUT2D eigenvalue weighted by molar-refractivity contribution is 8.14. The number of aliphatic imine (C=N–C) groups is 1. The highest BCUT2D eigenvalue weighted by atomic mass is 32.2. The number of hydrogen-bond acceptors (Lipinski definition) is 3. The molecule has 0 saturated heterocycles. The first-order valence-electron chi connectivity index (χ1n) is 5.22. The zero-order valence-electron chi connectivity index (χ0n) is 8.66. The number of unbranched alkanes of at least 4 members (excludes halogenated alkanes) is 2. The van der Waals surface area contributed by atoms with Gasteiger partial charge in [0.25, 0.3) is 0 Å². The number of carbonyl (C=O) groups excluding carboxylic acids is 1. The number of nitrogens with zero attached hydrogens (tertiary/aromatic N) is 1. The van der Waals surface area contributed by atoms with Gasteiger partial charge in [-0.1, -0.05) is 26.2 Å². The Morgan fingerprint density at radius 1 is 1.64 bits per heavy atom. The molecule has 0 aromatic heterocycles. The van der Waals surface area contributed by atoms with Crippen molar-refractivity contribution in [1.29, 1.82) is 0 Å². The van der Waals surface area contributed by atoms with Crippen LogP contribution in [0.1, 0.15) is 32.6 Å². The third-order valence-corrected chi connectivity index (χ3v) is 3.44. The van der Waals surface area contributed by atoms with Gasteiger partial charge in [0.15, 0.2) is 0 Å². The van der Waals surface area contributed by atoms with Crippen LogP contribution >= 0.6 is 11.8 Å². The van der Waals surface area contributed by atoms with E-state index in [1.54, 1.807) is 11.8 Å². The van der Waals surface area contributed by atoms with Gasteiger partial charge in [-0.3, -0.25) is 9.79 Å². The second-order valence-corrected chi connectivity index (χ2v) is 4.63. The van der Waals surface area contributed by atoms with E-state index in [0.717, 1.165) is 30.2 Å². The van der Waals surface area contributed by atoms with Crippen molar-refractivity contribution in [3.05, 3.63) is 0 Å². The minimum Gasteiger partial charge on any atom is -0.369 e. The summed E-state index contributed by atoms with van der Waals surface area (Å²) in [6.07, 6.45) is 4.28. The van der Waals surface area contributed by atoms with Crippen LogP contribution in [0.3, 0.4) is 0 Å². The quantitative estimate of drug-likeness (QED) is 0.686. The fourth-order valence-corrected chi connectivity index (χ4v) is 2.56. The molecule has 2 N–H and O–H groups in total. The van der Waals surface area contributed by atoms with E-state index in [1.807, 2.05) is 0 Å². The van der Waals surface area contributed by atoms with Crippen LogP contribution in [0.25, 0.3) is 0 Å². The minimum atomic E-state index is -0.214. The van der Waals surface area contributed by atoms with E-state index in [1.165, 1.54) is 12.8 Å². The Bertz CT molecular complexity index is 228. The topological polar surface area (TPSA) is 55.5 Å². The predicted octanol–water partition coefficient (Wildman–Crippen LogP) is 1.81. The molecule has 1 amide bonds. The van der Waals surface area contributed by atoms with Gasteiger partial charge in [0, 0.05) is 12.3 Å². The molecule has 80 valence electrons. The molecule has 1 heterocycles. The standard InChI is InChI=1S/C10H18N2OS/c1-2-3-4-5-8(9(11)13)10-12-6-7-14-10/h8H,2-7H2,1H3,(H2,11,13). The fraction of sp³-hybridized carbons (Fsp3) is 0.800. The Hall–Kier alpha value is -0.510. The number of carbonyl (C=O) groups is 1. The van der Waals surface area contributed by atoms with Gasteiger partial charge in [-0.2, -0.15) is 0 Å². The highest BCUT2D eigenvalue weighted by Gasteiger charge is 2.23. The van der Waals surface area contributed by atoms with E-state index >= 15 is 0 Å². The molecule has 3 nitrogen and oxygen atoms in total. The third kappa shape index (κ3) is 3.33. The molecule has 14 heavy (non-hydrogen) atoms. The molecule has 0 aromatic rings. The summed E-state index contributed by atoms with van der Waals surface area (Å²) in [5.41, 5.74) is 5.37. The van der Waals surface area contributed by atoms with Gasteiger partial charge < -0.3 is 5.73 Å². The molecule has 0 fully saturated rings. The van der Waals surface area contributed by atoms with Gasteiger partial charge in [-0.15, -0.1) is 11.8 Å². The maximum absolute atomic E-state index is 11.2. The van der Waals surface area contributed by atoms with Crippen molar-refractivity contribution >= 4 is 22.7 Å². The third-order valence-electron chi connectivity index (χ3n) is 2.35. The lowest BCUT2D eigenvalue weighted by molar-refractivity contribution is -0.120. The molecule has 0 bridgehead atoms. The molecular weight excluding hydrogens is 196 g/mol. The van der Waals surface area contributed by atoms with Crippen LogP contribution in [0, 0.1) is 5.92 Å². The van der Waals surface area contributed by atoms with Crippen molar-refractivity contribution in [2.24, 2.45) is 16.6 Å². The molecule has 1 aliphatic heterocycles. The van der Waals surface area contributed by atoms with Crippen molar-refractivity contribution in [1.82, 2.24) is 0 Å². The van der Waals surface area contributed by atoms with E-state index in [0.29, 0.717) is 0 Å². The van der Waals surface area contributed by atoms with Crippen molar-refractivity contribution in [2.45, 2.75) is 32.6 Å². The molecule has 4 heteroatoms. The van der Waals surface area contributed by atoms with Gasteiger partial charge in [0.1, 0.15) is 0 Å². The van der Waals surface area contributed by atoms with Crippen molar-refractivity contribution in [3.8, 4) is 0 Å². The lowest BCUT2D eigenvalue weighted by atomic mass is 10.0. The second-order valence-electron chi connectivity index (χ2n) is 3.52. The lowest BCUT2D eigenvalue weighted by Crippen LogP contribution is -2.28. The van der Waals surface area contributed by atoms with E-state index in [9.17, 15) is 4.79 Å². The molecular formula is C10H18N2OS. The SMILES string of the molecule is CCCCCC(C(N)=O)C1=NCCS1. The minimum absolute atomic E-state index is 0.117. The smallest absolute Gasteiger partial charge is 0.227 e. The molecule has 0 spiro atoms. The van der Waals surface area contributed by atoms with E-state index in [-0.39, 0.29) is 11.8 Å². The lowest BCUT2D eigenvalue weighted by Gasteiger charge is -2.11. The first-order valence-corrected chi connectivity index (χ1v) is 6.20. The summed E-state index contributed by atoms with van der Waals surface area (Å²) in [6, 6.07) is 0. The number of hydrogen-bond donors (Lipinski definition) is 1. The Morgan fingerprint density at radius 2 is 2.43 bits per heavy atom. The molecule has 1 aliphatic rings. The molecule has 0 aliphatic carbocycles. The Labute approximate surface area is 89.5 Å². The van der Waals surface area contributed by atoms with Gasteiger partial charge in [0.2, 0.25) is 5.91 Å². The zero-order valence-corrected chi connectivity index (χ0v) is 9.48.